The van der Waals surface area contributed by atoms with E-state index < -0.39 is 0 Å². The number of furan rings is 1. The molecule has 0 spiro atoms. The summed E-state index contributed by atoms with van der Waals surface area (Å²) in [6, 6.07) is 5.00. The van der Waals surface area contributed by atoms with E-state index in [-0.39, 0.29) is 18.0 Å². The van der Waals surface area contributed by atoms with Crippen LogP contribution in [0.4, 0.5) is 0 Å². The second-order valence-electron chi connectivity index (χ2n) is 3.21. The molecule has 2 rings (SSSR count). The maximum Gasteiger partial charge on any atom is 0.143 e. The molecular formula is C10H10N2O3. The van der Waals surface area contributed by atoms with Crippen LogP contribution in [0.25, 0.3) is 11.0 Å². The van der Waals surface area contributed by atoms with Gasteiger partial charge in [-0.3, -0.25) is 0 Å². The number of hydrogen-bond donors (Lipinski definition) is 3. The van der Waals surface area contributed by atoms with Gasteiger partial charge in [-0.15, -0.1) is 0 Å². The molecule has 5 heteroatoms. The molecule has 5 nitrogen and oxygen atoms in total. The maximum atomic E-state index is 9.64. The lowest BCUT2D eigenvalue weighted by molar-refractivity contribution is 0.317. The molecule has 1 aromatic heterocycles. The van der Waals surface area contributed by atoms with Gasteiger partial charge in [-0.25, -0.2) is 0 Å². The monoisotopic (exact) mass is 206 g/mol. The molecule has 0 aliphatic carbocycles. The average Bonchev–Trinajstić information content (AvgIpc) is 2.65. The van der Waals surface area contributed by atoms with Gasteiger partial charge < -0.3 is 20.5 Å². The minimum absolute atomic E-state index is 0.0382. The van der Waals surface area contributed by atoms with Gasteiger partial charge in [0.2, 0.25) is 0 Å². The first kappa shape index (κ1) is 9.39. The number of aromatic hydroxyl groups is 1. The molecule has 0 saturated heterocycles. The molecule has 0 unspecified atom stereocenters. The second kappa shape index (κ2) is 3.53. The molecule has 2 aromatic rings. The summed E-state index contributed by atoms with van der Waals surface area (Å²) in [5.74, 6) is 0.145. The SMILES string of the molecule is N/C(Cc1cc2occc2cc1O)=N\O. The van der Waals surface area contributed by atoms with Crippen LogP contribution in [0.2, 0.25) is 0 Å². The van der Waals surface area contributed by atoms with Crippen LogP contribution in [0.15, 0.2) is 34.0 Å². The fraction of sp³-hybridized carbons (Fsp3) is 0.100. The van der Waals surface area contributed by atoms with E-state index in [1.165, 1.54) is 6.26 Å². The summed E-state index contributed by atoms with van der Waals surface area (Å²) in [7, 11) is 0. The van der Waals surface area contributed by atoms with Crippen LogP contribution >= 0.6 is 0 Å². The Kier molecular flexibility index (Phi) is 2.21. The Labute approximate surface area is 85.4 Å². The summed E-state index contributed by atoms with van der Waals surface area (Å²) < 4.78 is 5.17. The number of phenolic OH excluding ortho intramolecular Hbond substituents is 1. The van der Waals surface area contributed by atoms with Crippen LogP contribution in [0.5, 0.6) is 5.75 Å². The molecule has 0 radical (unpaired) electrons. The minimum Gasteiger partial charge on any atom is -0.508 e. The lowest BCUT2D eigenvalue weighted by Crippen LogP contribution is -2.14. The lowest BCUT2D eigenvalue weighted by Gasteiger charge is -2.02. The summed E-state index contributed by atoms with van der Waals surface area (Å²) in [6.07, 6.45) is 1.72. The van der Waals surface area contributed by atoms with Gasteiger partial charge in [0.25, 0.3) is 0 Å². The zero-order valence-electron chi connectivity index (χ0n) is 7.84. The van der Waals surface area contributed by atoms with E-state index in [2.05, 4.69) is 5.16 Å². The van der Waals surface area contributed by atoms with Crippen LogP contribution in [0.1, 0.15) is 5.56 Å². The zero-order valence-corrected chi connectivity index (χ0v) is 7.84. The Morgan fingerprint density at radius 1 is 1.47 bits per heavy atom. The molecule has 4 N–H and O–H groups in total. The van der Waals surface area contributed by atoms with E-state index >= 15 is 0 Å². The van der Waals surface area contributed by atoms with Gasteiger partial charge in [-0.1, -0.05) is 5.16 Å². The number of fused-ring (bicyclic) bond motifs is 1. The summed E-state index contributed by atoms with van der Waals surface area (Å²) in [5.41, 5.74) is 6.57. The summed E-state index contributed by atoms with van der Waals surface area (Å²) in [5, 5.41) is 21.7. The first-order valence-corrected chi connectivity index (χ1v) is 4.36. The standard InChI is InChI=1S/C10H10N2O3/c11-10(12-14)5-7-4-9-6(1-2-15-9)3-8(7)13/h1-4,13-14H,5H2,(H2,11,12). The van der Waals surface area contributed by atoms with E-state index in [0.29, 0.717) is 11.1 Å². The first-order chi connectivity index (χ1) is 7.20. The van der Waals surface area contributed by atoms with Gasteiger partial charge in [0, 0.05) is 17.4 Å². The molecule has 0 fully saturated rings. The van der Waals surface area contributed by atoms with Crippen molar-refractivity contribution in [3.8, 4) is 5.75 Å². The molecule has 0 saturated carbocycles. The number of benzene rings is 1. The second-order valence-corrected chi connectivity index (χ2v) is 3.21. The number of phenols is 1. The summed E-state index contributed by atoms with van der Waals surface area (Å²) >= 11 is 0. The van der Waals surface area contributed by atoms with Crippen LogP contribution in [0, 0.1) is 0 Å². The van der Waals surface area contributed by atoms with Gasteiger partial charge in [-0.2, -0.15) is 0 Å². The average molecular weight is 206 g/mol. The van der Waals surface area contributed by atoms with Crippen LogP contribution in [0.3, 0.4) is 0 Å². The minimum atomic E-state index is 0.0382. The number of nitrogens with zero attached hydrogens (tertiary/aromatic N) is 1. The normalized spacial score (nSPS) is 12.1. The van der Waals surface area contributed by atoms with Crippen LogP contribution in [-0.4, -0.2) is 16.1 Å². The van der Waals surface area contributed by atoms with Crippen molar-refractivity contribution in [3.05, 3.63) is 30.0 Å². The van der Waals surface area contributed by atoms with Crippen molar-refractivity contribution in [3.63, 3.8) is 0 Å². The molecule has 15 heavy (non-hydrogen) atoms. The highest BCUT2D eigenvalue weighted by Gasteiger charge is 2.07. The lowest BCUT2D eigenvalue weighted by atomic mass is 10.1. The third-order valence-electron chi connectivity index (χ3n) is 2.15. The van der Waals surface area contributed by atoms with Gasteiger partial charge in [0.1, 0.15) is 17.2 Å². The van der Waals surface area contributed by atoms with E-state index in [4.69, 9.17) is 15.4 Å². The van der Waals surface area contributed by atoms with E-state index in [1.807, 2.05) is 0 Å². The van der Waals surface area contributed by atoms with Crippen molar-refractivity contribution in [2.75, 3.05) is 0 Å². The Bertz CT molecular complexity index is 516. The number of hydrogen-bond acceptors (Lipinski definition) is 4. The van der Waals surface area contributed by atoms with Gasteiger partial charge >= 0.3 is 0 Å². The topological polar surface area (TPSA) is 92.0 Å². The molecule has 78 valence electrons. The molecule has 1 heterocycles. The smallest absolute Gasteiger partial charge is 0.143 e. The van der Waals surface area contributed by atoms with Crippen molar-refractivity contribution >= 4 is 16.8 Å². The number of nitrogens with two attached hydrogens (primary N) is 1. The van der Waals surface area contributed by atoms with Crippen LogP contribution < -0.4 is 5.73 Å². The Hall–Kier alpha value is -2.17. The number of amidine groups is 1. The molecule has 0 atom stereocenters. The van der Waals surface area contributed by atoms with Crippen molar-refractivity contribution in [2.45, 2.75) is 6.42 Å². The van der Waals surface area contributed by atoms with Crippen LogP contribution in [-0.2, 0) is 6.42 Å². The molecule has 0 amide bonds. The highest BCUT2D eigenvalue weighted by molar-refractivity contribution is 5.86. The molecule has 1 aromatic carbocycles. The highest BCUT2D eigenvalue weighted by atomic mass is 16.4. The van der Waals surface area contributed by atoms with Crippen molar-refractivity contribution in [2.24, 2.45) is 10.9 Å². The van der Waals surface area contributed by atoms with Crippen molar-refractivity contribution in [1.29, 1.82) is 0 Å². The molecule has 0 aliphatic rings. The fourth-order valence-corrected chi connectivity index (χ4v) is 1.41. The van der Waals surface area contributed by atoms with Gasteiger partial charge in [-0.05, 0) is 18.2 Å². The first-order valence-electron chi connectivity index (χ1n) is 4.36. The largest absolute Gasteiger partial charge is 0.508 e. The van der Waals surface area contributed by atoms with Gasteiger partial charge in [0.15, 0.2) is 0 Å². The van der Waals surface area contributed by atoms with Gasteiger partial charge in [0.05, 0.1) is 6.26 Å². The molecular weight excluding hydrogens is 196 g/mol. The Balaban J connectivity index is 2.46. The number of oxime groups is 1. The highest BCUT2D eigenvalue weighted by Crippen LogP contribution is 2.25. The Morgan fingerprint density at radius 3 is 3.00 bits per heavy atom. The fourth-order valence-electron chi connectivity index (χ4n) is 1.41. The van der Waals surface area contributed by atoms with E-state index in [1.54, 1.807) is 18.2 Å². The maximum absolute atomic E-state index is 9.64. The quantitative estimate of drug-likeness (QED) is 0.300. The summed E-state index contributed by atoms with van der Waals surface area (Å²) in [6.45, 7) is 0. The molecule has 0 aliphatic heterocycles. The predicted molar refractivity (Wildman–Crippen MR) is 55.0 cm³/mol. The van der Waals surface area contributed by atoms with E-state index in [0.717, 1.165) is 5.39 Å². The molecule has 0 bridgehead atoms. The Morgan fingerprint density at radius 2 is 2.27 bits per heavy atom. The van der Waals surface area contributed by atoms with Crippen molar-refractivity contribution < 1.29 is 14.7 Å². The third-order valence-corrected chi connectivity index (χ3v) is 2.15. The predicted octanol–water partition coefficient (Wildman–Crippen LogP) is 1.43. The van der Waals surface area contributed by atoms with E-state index in [9.17, 15) is 5.11 Å². The third kappa shape index (κ3) is 1.71. The summed E-state index contributed by atoms with van der Waals surface area (Å²) in [4.78, 5) is 0. The zero-order chi connectivity index (χ0) is 10.8. The van der Waals surface area contributed by atoms with Crippen molar-refractivity contribution in [1.82, 2.24) is 0 Å². The number of rotatable bonds is 2.